The molecule has 2 heterocycles. The molecule has 0 aliphatic carbocycles. The van der Waals surface area contributed by atoms with Gasteiger partial charge in [-0.1, -0.05) is 24.6 Å². The highest BCUT2D eigenvalue weighted by atomic mass is 35.5. The Labute approximate surface area is 105 Å². The monoisotopic (exact) mass is 252 g/mol. The summed E-state index contributed by atoms with van der Waals surface area (Å²) in [5.41, 5.74) is 1.41. The molecular formula is C12H13ClN2O2. The van der Waals surface area contributed by atoms with Crippen molar-refractivity contribution >= 4 is 23.4 Å². The van der Waals surface area contributed by atoms with Crippen molar-refractivity contribution in [3.8, 4) is 0 Å². The van der Waals surface area contributed by atoms with E-state index in [1.54, 1.807) is 12.3 Å². The first-order valence-corrected chi connectivity index (χ1v) is 5.77. The van der Waals surface area contributed by atoms with Gasteiger partial charge in [-0.15, -0.1) is 0 Å². The van der Waals surface area contributed by atoms with Gasteiger partial charge in [0.25, 0.3) is 0 Å². The van der Waals surface area contributed by atoms with Crippen molar-refractivity contribution in [1.29, 1.82) is 0 Å². The Kier molecular flexibility index (Phi) is 3.33. The Morgan fingerprint density at radius 2 is 2.35 bits per heavy atom. The second-order valence-electron chi connectivity index (χ2n) is 4.22. The maximum absolute atomic E-state index is 11.2. The third kappa shape index (κ3) is 2.58. The van der Waals surface area contributed by atoms with Crippen LogP contribution in [0, 0.1) is 5.92 Å². The SMILES string of the molecule is CC1CC=C(c2cncc(Cl)c2)N(C(=O)O)C1. The van der Waals surface area contributed by atoms with Crippen LogP contribution >= 0.6 is 11.6 Å². The molecule has 0 aromatic carbocycles. The van der Waals surface area contributed by atoms with Crippen molar-refractivity contribution in [1.82, 2.24) is 9.88 Å². The van der Waals surface area contributed by atoms with Crippen LogP contribution in [-0.2, 0) is 0 Å². The first-order chi connectivity index (χ1) is 8.08. The molecule has 1 aliphatic heterocycles. The number of nitrogens with zero attached hydrogens (tertiary/aromatic N) is 2. The Hall–Kier alpha value is -1.55. The lowest BCUT2D eigenvalue weighted by molar-refractivity contribution is 0.159. The number of amides is 1. The summed E-state index contributed by atoms with van der Waals surface area (Å²) in [4.78, 5) is 16.5. The minimum Gasteiger partial charge on any atom is -0.465 e. The van der Waals surface area contributed by atoms with Crippen molar-refractivity contribution in [3.63, 3.8) is 0 Å². The number of carbonyl (C=O) groups is 1. The Balaban J connectivity index is 2.38. The summed E-state index contributed by atoms with van der Waals surface area (Å²) in [6.45, 7) is 2.53. The molecule has 1 N–H and O–H groups in total. The fraction of sp³-hybridized carbons (Fsp3) is 0.333. The maximum atomic E-state index is 11.2. The van der Waals surface area contributed by atoms with Crippen LogP contribution in [0.25, 0.3) is 5.70 Å². The van der Waals surface area contributed by atoms with E-state index in [2.05, 4.69) is 4.98 Å². The molecule has 5 heteroatoms. The van der Waals surface area contributed by atoms with Crippen LogP contribution in [0.1, 0.15) is 18.9 Å². The fourth-order valence-corrected chi connectivity index (χ4v) is 2.09. The highest BCUT2D eigenvalue weighted by molar-refractivity contribution is 6.30. The van der Waals surface area contributed by atoms with Crippen LogP contribution in [0.2, 0.25) is 5.02 Å². The van der Waals surface area contributed by atoms with Gasteiger partial charge in [-0.3, -0.25) is 9.88 Å². The number of hydrogen-bond donors (Lipinski definition) is 1. The van der Waals surface area contributed by atoms with E-state index in [1.165, 1.54) is 11.1 Å². The molecule has 0 saturated carbocycles. The summed E-state index contributed by atoms with van der Waals surface area (Å²) in [7, 11) is 0. The van der Waals surface area contributed by atoms with E-state index >= 15 is 0 Å². The molecule has 1 atom stereocenters. The highest BCUT2D eigenvalue weighted by Gasteiger charge is 2.24. The van der Waals surface area contributed by atoms with E-state index in [1.807, 2.05) is 13.0 Å². The number of aromatic nitrogens is 1. The molecule has 2 rings (SSSR count). The summed E-state index contributed by atoms with van der Waals surface area (Å²) in [5.74, 6) is 0.335. The van der Waals surface area contributed by atoms with Crippen LogP contribution in [0.15, 0.2) is 24.5 Å². The lowest BCUT2D eigenvalue weighted by Crippen LogP contribution is -2.34. The number of hydrogen-bond acceptors (Lipinski definition) is 2. The molecule has 1 aromatic rings. The van der Waals surface area contributed by atoms with Gasteiger partial charge in [0.1, 0.15) is 0 Å². The van der Waals surface area contributed by atoms with Gasteiger partial charge in [-0.05, 0) is 18.4 Å². The third-order valence-electron chi connectivity index (χ3n) is 2.73. The minimum absolute atomic E-state index is 0.335. The molecule has 17 heavy (non-hydrogen) atoms. The molecule has 90 valence electrons. The van der Waals surface area contributed by atoms with Gasteiger partial charge in [0, 0.05) is 24.5 Å². The van der Waals surface area contributed by atoms with E-state index in [0.717, 1.165) is 12.0 Å². The van der Waals surface area contributed by atoms with E-state index in [0.29, 0.717) is 23.2 Å². The molecule has 1 aromatic heterocycles. The summed E-state index contributed by atoms with van der Waals surface area (Å²) in [5, 5.41) is 9.70. The van der Waals surface area contributed by atoms with E-state index < -0.39 is 6.09 Å². The zero-order valence-corrected chi connectivity index (χ0v) is 10.2. The summed E-state index contributed by atoms with van der Waals surface area (Å²) in [6.07, 6.45) is 5.01. The smallest absolute Gasteiger partial charge is 0.411 e. The lowest BCUT2D eigenvalue weighted by atomic mass is 9.99. The van der Waals surface area contributed by atoms with Gasteiger partial charge in [0.15, 0.2) is 0 Å². The van der Waals surface area contributed by atoms with Crippen molar-refractivity contribution in [2.75, 3.05) is 6.54 Å². The van der Waals surface area contributed by atoms with Crippen molar-refractivity contribution in [3.05, 3.63) is 35.1 Å². The Bertz CT molecular complexity index is 473. The van der Waals surface area contributed by atoms with Crippen molar-refractivity contribution in [2.45, 2.75) is 13.3 Å². The Morgan fingerprint density at radius 1 is 1.59 bits per heavy atom. The summed E-state index contributed by atoms with van der Waals surface area (Å²) < 4.78 is 0. The first-order valence-electron chi connectivity index (χ1n) is 5.39. The predicted molar refractivity (Wildman–Crippen MR) is 65.7 cm³/mol. The topological polar surface area (TPSA) is 53.4 Å². The number of halogens is 1. The van der Waals surface area contributed by atoms with E-state index in [-0.39, 0.29) is 0 Å². The number of rotatable bonds is 1. The van der Waals surface area contributed by atoms with Gasteiger partial charge in [-0.25, -0.2) is 4.79 Å². The molecule has 4 nitrogen and oxygen atoms in total. The summed E-state index contributed by atoms with van der Waals surface area (Å²) >= 11 is 5.86. The largest absolute Gasteiger partial charge is 0.465 e. The second-order valence-corrected chi connectivity index (χ2v) is 4.65. The van der Waals surface area contributed by atoms with Crippen molar-refractivity contribution in [2.24, 2.45) is 5.92 Å². The average Bonchev–Trinajstić information content (AvgIpc) is 2.28. The molecule has 0 saturated heterocycles. The van der Waals surface area contributed by atoms with Gasteiger partial charge in [0.05, 0.1) is 10.7 Å². The minimum atomic E-state index is -0.942. The van der Waals surface area contributed by atoms with Crippen molar-refractivity contribution < 1.29 is 9.90 Å². The molecule has 0 fully saturated rings. The number of carboxylic acid groups (broad SMARTS) is 1. The molecular weight excluding hydrogens is 240 g/mol. The zero-order valence-electron chi connectivity index (χ0n) is 9.43. The van der Waals surface area contributed by atoms with Crippen LogP contribution in [-0.4, -0.2) is 27.6 Å². The number of allylic oxidation sites excluding steroid dienone is 1. The van der Waals surface area contributed by atoms with E-state index in [9.17, 15) is 9.90 Å². The van der Waals surface area contributed by atoms with Gasteiger partial charge >= 0.3 is 6.09 Å². The predicted octanol–water partition coefficient (Wildman–Crippen LogP) is 3.10. The van der Waals surface area contributed by atoms with Gasteiger partial charge in [-0.2, -0.15) is 0 Å². The van der Waals surface area contributed by atoms with E-state index in [4.69, 9.17) is 11.6 Å². The first kappa shape index (κ1) is 11.9. The van der Waals surface area contributed by atoms with Gasteiger partial charge in [0.2, 0.25) is 0 Å². The summed E-state index contributed by atoms with van der Waals surface area (Å²) in [6, 6.07) is 1.73. The highest BCUT2D eigenvalue weighted by Crippen LogP contribution is 2.28. The molecule has 0 bridgehead atoms. The number of pyridine rings is 1. The maximum Gasteiger partial charge on any atom is 0.411 e. The normalized spacial score (nSPS) is 20.0. The van der Waals surface area contributed by atoms with Gasteiger partial charge < -0.3 is 5.11 Å². The molecule has 1 amide bonds. The molecule has 1 unspecified atom stereocenters. The van der Waals surface area contributed by atoms with Crippen LogP contribution in [0.5, 0.6) is 0 Å². The average molecular weight is 253 g/mol. The second kappa shape index (κ2) is 4.75. The quantitative estimate of drug-likeness (QED) is 0.836. The zero-order chi connectivity index (χ0) is 12.4. The third-order valence-corrected chi connectivity index (χ3v) is 2.94. The molecule has 0 radical (unpaired) electrons. The van der Waals surface area contributed by atoms with Crippen LogP contribution < -0.4 is 0 Å². The lowest BCUT2D eigenvalue weighted by Gasteiger charge is -2.29. The molecule has 1 aliphatic rings. The fourth-order valence-electron chi connectivity index (χ4n) is 1.91. The van der Waals surface area contributed by atoms with Crippen LogP contribution in [0.4, 0.5) is 4.79 Å². The molecule has 0 spiro atoms. The van der Waals surface area contributed by atoms with Crippen LogP contribution in [0.3, 0.4) is 0 Å². The standard InChI is InChI=1S/C12H13ClN2O2/c1-8-2-3-11(15(7-8)12(16)17)9-4-10(13)6-14-5-9/h3-6,8H,2,7H2,1H3,(H,16,17). The Morgan fingerprint density at radius 3 is 3.00 bits per heavy atom.